The lowest BCUT2D eigenvalue weighted by atomic mass is 9.70. The van der Waals surface area contributed by atoms with Crippen LogP contribution in [0.4, 0.5) is 0 Å². The maximum absolute atomic E-state index is 2.53. The van der Waals surface area contributed by atoms with Crippen LogP contribution in [0.25, 0.3) is 86.9 Å². The summed E-state index contributed by atoms with van der Waals surface area (Å²) in [6, 6.07) is 77.0. The summed E-state index contributed by atoms with van der Waals surface area (Å²) in [7, 11) is 0. The second-order valence-electron chi connectivity index (χ2n) is 15.2. The topological polar surface area (TPSA) is 0 Å². The van der Waals surface area contributed by atoms with E-state index in [-0.39, 0.29) is 0 Å². The van der Waals surface area contributed by atoms with Gasteiger partial charge in [-0.25, -0.2) is 0 Å². The third-order valence-corrected chi connectivity index (χ3v) is 13.5. The van der Waals surface area contributed by atoms with Crippen LogP contribution in [0.3, 0.4) is 0 Å². The first kappa shape index (κ1) is 31.5. The third kappa shape index (κ3) is 4.47. The van der Waals surface area contributed by atoms with Gasteiger partial charge in [0.2, 0.25) is 0 Å². The van der Waals surface area contributed by atoms with E-state index in [2.05, 4.69) is 206 Å². The molecule has 1 heteroatoms. The van der Waals surface area contributed by atoms with E-state index in [1.807, 2.05) is 11.3 Å². The third-order valence-electron chi connectivity index (χ3n) is 12.3. The van der Waals surface area contributed by atoms with Crippen molar-refractivity contribution in [1.82, 2.24) is 0 Å². The van der Waals surface area contributed by atoms with Crippen LogP contribution in [-0.2, 0) is 5.41 Å². The zero-order valence-electron chi connectivity index (χ0n) is 30.5. The lowest BCUT2D eigenvalue weighted by molar-refractivity contribution is 0.795. The highest BCUT2D eigenvalue weighted by atomic mass is 32.1. The molecule has 0 saturated carbocycles. The first-order valence-corrected chi connectivity index (χ1v) is 20.2. The highest BCUT2D eigenvalue weighted by Crippen LogP contribution is 2.65. The van der Waals surface area contributed by atoms with Crippen molar-refractivity contribution in [2.24, 2.45) is 0 Å². The summed E-state index contributed by atoms with van der Waals surface area (Å²) in [6.07, 6.45) is 0. The molecular formula is C55H34S. The number of hydrogen-bond donors (Lipinski definition) is 0. The zero-order valence-corrected chi connectivity index (χ0v) is 31.4. The van der Waals surface area contributed by atoms with Crippen molar-refractivity contribution in [2.45, 2.75) is 5.41 Å². The smallest absolute Gasteiger partial charge is 0.0726 e. The molecule has 0 fully saturated rings. The van der Waals surface area contributed by atoms with E-state index in [1.165, 1.54) is 109 Å². The number of fused-ring (bicyclic) bond motifs is 14. The van der Waals surface area contributed by atoms with Gasteiger partial charge < -0.3 is 0 Å². The van der Waals surface area contributed by atoms with Crippen LogP contribution in [0.2, 0.25) is 0 Å². The fourth-order valence-corrected chi connectivity index (χ4v) is 11.1. The summed E-state index contributed by atoms with van der Waals surface area (Å²) in [6.45, 7) is 0. The van der Waals surface area contributed by atoms with E-state index in [1.54, 1.807) is 0 Å². The lowest BCUT2D eigenvalue weighted by Gasteiger charge is -2.31. The van der Waals surface area contributed by atoms with Gasteiger partial charge in [0, 0.05) is 25.7 Å². The molecule has 0 saturated heterocycles. The van der Waals surface area contributed by atoms with Crippen LogP contribution in [0, 0.1) is 0 Å². The maximum Gasteiger partial charge on any atom is 0.0726 e. The minimum atomic E-state index is -0.485. The summed E-state index contributed by atoms with van der Waals surface area (Å²) >= 11 is 1.93. The normalized spacial score (nSPS) is 14.9. The van der Waals surface area contributed by atoms with E-state index >= 15 is 0 Å². The Morgan fingerprint density at radius 1 is 0.286 bits per heavy atom. The lowest BCUT2D eigenvalue weighted by Crippen LogP contribution is -2.26. The molecule has 2 aliphatic carbocycles. The van der Waals surface area contributed by atoms with E-state index < -0.39 is 5.41 Å². The Morgan fingerprint density at radius 2 is 0.786 bits per heavy atom. The molecule has 56 heavy (non-hydrogen) atoms. The molecule has 1 heterocycles. The van der Waals surface area contributed by atoms with E-state index in [0.29, 0.717) is 0 Å². The monoisotopic (exact) mass is 726 g/mol. The Kier molecular flexibility index (Phi) is 6.82. The quantitative estimate of drug-likeness (QED) is 0.169. The van der Waals surface area contributed by atoms with Gasteiger partial charge in [-0.05, 0) is 120 Å². The minimum Gasteiger partial charge on any atom is -0.135 e. The molecule has 1 unspecified atom stereocenters. The Labute approximate surface area is 330 Å². The molecule has 10 aromatic rings. The van der Waals surface area contributed by atoms with Crippen molar-refractivity contribution >= 4 is 31.5 Å². The Morgan fingerprint density at radius 3 is 1.41 bits per heavy atom. The zero-order chi connectivity index (χ0) is 36.8. The minimum absolute atomic E-state index is 0.485. The molecule has 0 bridgehead atoms. The molecular weight excluding hydrogens is 693 g/mol. The van der Waals surface area contributed by atoms with E-state index in [4.69, 9.17) is 0 Å². The fraction of sp³-hybridized carbons (Fsp3) is 0.0182. The van der Waals surface area contributed by atoms with Crippen LogP contribution < -0.4 is 0 Å². The van der Waals surface area contributed by atoms with Crippen LogP contribution in [0.15, 0.2) is 206 Å². The van der Waals surface area contributed by atoms with Crippen molar-refractivity contribution in [3.63, 3.8) is 0 Å². The molecule has 0 aliphatic heterocycles. The van der Waals surface area contributed by atoms with Gasteiger partial charge in [0.1, 0.15) is 0 Å². The van der Waals surface area contributed by atoms with Gasteiger partial charge in [-0.2, -0.15) is 0 Å². The summed E-state index contributed by atoms with van der Waals surface area (Å²) < 4.78 is 2.71. The summed E-state index contributed by atoms with van der Waals surface area (Å²) in [5.41, 5.74) is 20.1. The molecule has 0 N–H and O–H groups in total. The number of thiophene rings is 1. The molecule has 12 rings (SSSR count). The summed E-state index contributed by atoms with van der Waals surface area (Å²) in [4.78, 5) is 0. The van der Waals surface area contributed by atoms with Gasteiger partial charge in [-0.3, -0.25) is 0 Å². The van der Waals surface area contributed by atoms with Crippen molar-refractivity contribution in [3.8, 4) is 66.8 Å². The van der Waals surface area contributed by atoms with Crippen molar-refractivity contribution < 1.29 is 0 Å². The summed E-state index contributed by atoms with van der Waals surface area (Å²) in [5, 5.41) is 2.68. The van der Waals surface area contributed by atoms with Gasteiger partial charge >= 0.3 is 0 Å². The average molecular weight is 727 g/mol. The van der Waals surface area contributed by atoms with E-state index in [0.717, 1.165) is 0 Å². The predicted octanol–water partition coefficient (Wildman–Crippen LogP) is 15.1. The maximum atomic E-state index is 2.53. The first-order chi connectivity index (χ1) is 27.8. The Bertz CT molecular complexity index is 3110. The largest absolute Gasteiger partial charge is 0.135 e. The molecule has 1 atom stereocenters. The van der Waals surface area contributed by atoms with Crippen molar-refractivity contribution in [1.29, 1.82) is 0 Å². The van der Waals surface area contributed by atoms with Gasteiger partial charge in [-0.1, -0.05) is 170 Å². The molecule has 2 aliphatic rings. The Balaban J connectivity index is 1.16. The average Bonchev–Trinajstić information content (AvgIpc) is 3.90. The SMILES string of the molecule is c1ccc(-c2cc(-c3ccccc3)cc(-c3ccc4c(c3)C3(c5cc(-c6ccccc6)ccc5-4)c4ccccc4-c4c3ccc3c4sc4ccccc43)c2)cc1. The highest BCUT2D eigenvalue weighted by molar-refractivity contribution is 7.26. The van der Waals surface area contributed by atoms with E-state index in [9.17, 15) is 0 Å². The number of hydrogen-bond acceptors (Lipinski definition) is 1. The highest BCUT2D eigenvalue weighted by Gasteiger charge is 2.52. The molecule has 9 aromatic carbocycles. The predicted molar refractivity (Wildman–Crippen MR) is 237 cm³/mol. The molecule has 260 valence electrons. The van der Waals surface area contributed by atoms with Crippen LogP contribution >= 0.6 is 11.3 Å². The molecule has 1 spiro atoms. The second-order valence-corrected chi connectivity index (χ2v) is 16.2. The van der Waals surface area contributed by atoms with Crippen LogP contribution in [0.5, 0.6) is 0 Å². The Hall–Kier alpha value is -6.80. The van der Waals surface area contributed by atoms with Crippen molar-refractivity contribution in [3.05, 3.63) is 229 Å². The van der Waals surface area contributed by atoms with Crippen molar-refractivity contribution in [2.75, 3.05) is 0 Å². The standard InChI is InChI=1S/C55H34S/c1-4-14-35(15-5-1)38-24-26-43-44-27-25-39(42-31-40(36-16-6-2-7-17-36)30-41(32-42)37-18-8-3-9-19-37)34-51(44)55(50(43)33-38)48-22-12-10-21-47(48)53-49(55)29-28-46-45-20-11-13-23-52(45)56-54(46)53/h1-34H. The number of rotatable bonds is 4. The van der Waals surface area contributed by atoms with Gasteiger partial charge in [0.05, 0.1) is 5.41 Å². The molecule has 0 amide bonds. The van der Waals surface area contributed by atoms with Crippen LogP contribution in [0.1, 0.15) is 22.3 Å². The molecule has 0 nitrogen and oxygen atoms in total. The summed E-state index contributed by atoms with van der Waals surface area (Å²) in [5.74, 6) is 0. The van der Waals surface area contributed by atoms with Gasteiger partial charge in [-0.15, -0.1) is 11.3 Å². The fourth-order valence-electron chi connectivity index (χ4n) is 9.82. The second kappa shape index (κ2) is 12.1. The van der Waals surface area contributed by atoms with Crippen LogP contribution in [-0.4, -0.2) is 0 Å². The number of benzene rings is 9. The molecule has 0 radical (unpaired) electrons. The van der Waals surface area contributed by atoms with Gasteiger partial charge in [0.25, 0.3) is 0 Å². The van der Waals surface area contributed by atoms with Gasteiger partial charge in [0.15, 0.2) is 0 Å². The first-order valence-electron chi connectivity index (χ1n) is 19.4. The molecule has 1 aromatic heterocycles.